The molecule has 0 bridgehead atoms. The summed E-state index contributed by atoms with van der Waals surface area (Å²) in [7, 11) is 0. The number of nitro groups is 1. The number of aromatic nitrogens is 1. The normalized spacial score (nSPS) is 10.8. The lowest BCUT2D eigenvalue weighted by Gasteiger charge is -2.17. The third-order valence-electron chi connectivity index (χ3n) is 3.63. The van der Waals surface area contributed by atoms with Crippen LogP contribution in [0.2, 0.25) is 0 Å². The molecule has 0 spiro atoms. The van der Waals surface area contributed by atoms with Crippen molar-refractivity contribution in [3.8, 4) is 11.1 Å². The molecule has 0 fully saturated rings. The van der Waals surface area contributed by atoms with Gasteiger partial charge < -0.3 is 4.74 Å². The molecule has 0 radical (unpaired) electrons. The molecule has 0 N–H and O–H groups in total. The van der Waals surface area contributed by atoms with Crippen LogP contribution in [0, 0.1) is 24.0 Å². The van der Waals surface area contributed by atoms with Crippen molar-refractivity contribution in [1.29, 1.82) is 0 Å². The van der Waals surface area contributed by atoms with Crippen LogP contribution in [0.25, 0.3) is 11.1 Å². The van der Waals surface area contributed by atoms with Gasteiger partial charge in [-0.2, -0.15) is 0 Å². The van der Waals surface area contributed by atoms with Crippen LogP contribution in [0.15, 0.2) is 29.2 Å². The SMILES string of the molecule is CSc1ccccc1-c1c(C(=O)OC(C)C)c(C)nc(C)c1[N+](=O)[O-]. The van der Waals surface area contributed by atoms with Gasteiger partial charge in [0.2, 0.25) is 0 Å². The van der Waals surface area contributed by atoms with E-state index in [0.717, 1.165) is 4.90 Å². The van der Waals surface area contributed by atoms with Crippen LogP contribution in [-0.4, -0.2) is 28.2 Å². The molecule has 0 saturated carbocycles. The van der Waals surface area contributed by atoms with E-state index in [1.54, 1.807) is 39.8 Å². The average molecular weight is 360 g/mol. The maximum atomic E-state index is 12.7. The number of benzene rings is 1. The molecule has 0 aliphatic rings. The third kappa shape index (κ3) is 3.82. The molecule has 132 valence electrons. The van der Waals surface area contributed by atoms with Crippen molar-refractivity contribution in [1.82, 2.24) is 4.98 Å². The number of nitrogens with zero attached hydrogens (tertiary/aromatic N) is 2. The van der Waals surface area contributed by atoms with E-state index in [0.29, 0.717) is 11.3 Å². The molecule has 1 aromatic heterocycles. The van der Waals surface area contributed by atoms with E-state index in [1.165, 1.54) is 11.8 Å². The lowest BCUT2D eigenvalue weighted by atomic mass is 9.96. The van der Waals surface area contributed by atoms with E-state index in [4.69, 9.17) is 4.74 Å². The number of ether oxygens (including phenoxy) is 1. The minimum absolute atomic E-state index is 0.146. The highest BCUT2D eigenvalue weighted by Gasteiger charge is 2.31. The fourth-order valence-electron chi connectivity index (χ4n) is 2.70. The van der Waals surface area contributed by atoms with E-state index in [1.807, 2.05) is 18.4 Å². The maximum Gasteiger partial charge on any atom is 0.341 e. The van der Waals surface area contributed by atoms with Gasteiger partial charge in [0.05, 0.1) is 27.8 Å². The quantitative estimate of drug-likeness (QED) is 0.336. The third-order valence-corrected chi connectivity index (χ3v) is 4.43. The van der Waals surface area contributed by atoms with Crippen LogP contribution in [0.3, 0.4) is 0 Å². The Morgan fingerprint density at radius 2 is 1.88 bits per heavy atom. The molecule has 0 aliphatic carbocycles. The van der Waals surface area contributed by atoms with Crippen molar-refractivity contribution in [3.05, 3.63) is 51.3 Å². The van der Waals surface area contributed by atoms with E-state index >= 15 is 0 Å². The van der Waals surface area contributed by atoms with Crippen molar-refractivity contribution in [2.24, 2.45) is 0 Å². The Kier molecular flexibility index (Phi) is 5.79. The Hall–Kier alpha value is -2.41. The molecular weight excluding hydrogens is 340 g/mol. The highest BCUT2D eigenvalue weighted by molar-refractivity contribution is 7.98. The Bertz CT molecular complexity index is 834. The molecule has 25 heavy (non-hydrogen) atoms. The lowest BCUT2D eigenvalue weighted by Crippen LogP contribution is -2.16. The number of rotatable bonds is 5. The first kappa shape index (κ1) is 18.9. The zero-order chi connectivity index (χ0) is 18.7. The zero-order valence-electron chi connectivity index (χ0n) is 14.8. The first-order valence-corrected chi connectivity index (χ1v) is 9.00. The number of aryl methyl sites for hydroxylation is 2. The Morgan fingerprint density at radius 3 is 2.44 bits per heavy atom. The second-order valence-corrected chi connectivity index (χ2v) is 6.64. The Balaban J connectivity index is 2.91. The topological polar surface area (TPSA) is 82.3 Å². The number of esters is 1. The van der Waals surface area contributed by atoms with Gasteiger partial charge in [0.15, 0.2) is 0 Å². The van der Waals surface area contributed by atoms with Crippen LogP contribution >= 0.6 is 11.8 Å². The summed E-state index contributed by atoms with van der Waals surface area (Å²) in [6.07, 6.45) is 1.55. The number of thioether (sulfide) groups is 1. The first-order valence-electron chi connectivity index (χ1n) is 7.77. The number of hydrogen-bond acceptors (Lipinski definition) is 6. The standard InChI is InChI=1S/C18H20N2O4S/c1-10(2)24-18(21)15-11(3)19-12(4)17(20(22)23)16(15)13-8-6-7-9-14(13)25-5/h6-10H,1-5H3. The monoisotopic (exact) mass is 360 g/mol. The number of carbonyl (C=O) groups excluding carboxylic acids is 1. The number of pyridine rings is 1. The lowest BCUT2D eigenvalue weighted by molar-refractivity contribution is -0.385. The summed E-state index contributed by atoms with van der Waals surface area (Å²) < 4.78 is 5.32. The van der Waals surface area contributed by atoms with Crippen molar-refractivity contribution >= 4 is 23.4 Å². The van der Waals surface area contributed by atoms with Crippen LogP contribution in [-0.2, 0) is 4.74 Å². The molecule has 2 aromatic rings. The van der Waals surface area contributed by atoms with Gasteiger partial charge in [0.25, 0.3) is 5.69 Å². The predicted molar refractivity (Wildman–Crippen MR) is 98.1 cm³/mol. The second kappa shape index (κ2) is 7.65. The summed E-state index contributed by atoms with van der Waals surface area (Å²) in [5.74, 6) is -0.603. The van der Waals surface area contributed by atoms with Crippen molar-refractivity contribution in [2.45, 2.75) is 38.7 Å². The van der Waals surface area contributed by atoms with Crippen LogP contribution < -0.4 is 0 Å². The van der Waals surface area contributed by atoms with Gasteiger partial charge in [-0.05, 0) is 40.0 Å². The molecule has 0 saturated heterocycles. The van der Waals surface area contributed by atoms with Crippen molar-refractivity contribution in [3.63, 3.8) is 0 Å². The molecular formula is C18H20N2O4S. The minimum Gasteiger partial charge on any atom is -0.459 e. The largest absolute Gasteiger partial charge is 0.459 e. The molecule has 1 heterocycles. The van der Waals surface area contributed by atoms with Gasteiger partial charge in [0, 0.05) is 10.5 Å². The highest BCUT2D eigenvalue weighted by Crippen LogP contribution is 2.41. The van der Waals surface area contributed by atoms with Gasteiger partial charge in [-0.3, -0.25) is 15.1 Å². The smallest absolute Gasteiger partial charge is 0.341 e. The summed E-state index contributed by atoms with van der Waals surface area (Å²) in [4.78, 5) is 29.0. The summed E-state index contributed by atoms with van der Waals surface area (Å²) in [5.41, 5.74) is 1.57. The maximum absolute atomic E-state index is 12.7. The molecule has 2 rings (SSSR count). The van der Waals surface area contributed by atoms with Gasteiger partial charge in [-0.1, -0.05) is 18.2 Å². The van der Waals surface area contributed by atoms with Crippen molar-refractivity contribution < 1.29 is 14.5 Å². The van der Waals surface area contributed by atoms with Gasteiger partial charge in [-0.15, -0.1) is 11.8 Å². The Labute approximate surface area is 150 Å². The summed E-state index contributed by atoms with van der Waals surface area (Å²) in [6.45, 7) is 6.71. The molecule has 0 aliphatic heterocycles. The molecule has 7 heteroatoms. The first-order chi connectivity index (χ1) is 11.8. The van der Waals surface area contributed by atoms with Crippen LogP contribution in [0.1, 0.15) is 35.6 Å². The number of carbonyl (C=O) groups is 1. The molecule has 0 unspecified atom stereocenters. The molecule has 0 atom stereocenters. The molecule has 0 amide bonds. The fourth-order valence-corrected chi connectivity index (χ4v) is 3.30. The highest BCUT2D eigenvalue weighted by atomic mass is 32.2. The summed E-state index contributed by atoms with van der Waals surface area (Å²) in [5, 5.41) is 11.7. The Morgan fingerprint density at radius 1 is 1.24 bits per heavy atom. The fraction of sp³-hybridized carbons (Fsp3) is 0.333. The van der Waals surface area contributed by atoms with Gasteiger partial charge in [0.1, 0.15) is 5.69 Å². The van der Waals surface area contributed by atoms with Crippen molar-refractivity contribution in [2.75, 3.05) is 6.26 Å². The summed E-state index contributed by atoms with van der Waals surface area (Å²) >= 11 is 1.46. The van der Waals surface area contributed by atoms with E-state index < -0.39 is 10.9 Å². The summed E-state index contributed by atoms with van der Waals surface area (Å²) in [6, 6.07) is 7.29. The van der Waals surface area contributed by atoms with E-state index in [-0.39, 0.29) is 28.6 Å². The second-order valence-electron chi connectivity index (χ2n) is 5.79. The van der Waals surface area contributed by atoms with Crippen LogP contribution in [0.5, 0.6) is 0 Å². The van der Waals surface area contributed by atoms with E-state index in [2.05, 4.69) is 4.98 Å². The minimum atomic E-state index is -0.603. The zero-order valence-corrected chi connectivity index (χ0v) is 15.6. The predicted octanol–water partition coefficient (Wildman–Crippen LogP) is 4.56. The van der Waals surface area contributed by atoms with Gasteiger partial charge >= 0.3 is 5.97 Å². The van der Waals surface area contributed by atoms with Crippen LogP contribution in [0.4, 0.5) is 5.69 Å². The average Bonchev–Trinajstić information content (AvgIpc) is 2.52. The van der Waals surface area contributed by atoms with E-state index in [9.17, 15) is 14.9 Å². The molecule has 6 nitrogen and oxygen atoms in total. The molecule has 1 aromatic carbocycles. The number of hydrogen-bond donors (Lipinski definition) is 0. The van der Waals surface area contributed by atoms with Gasteiger partial charge in [-0.25, -0.2) is 4.79 Å².